The molecule has 18 heavy (non-hydrogen) atoms. The van der Waals surface area contributed by atoms with Crippen LogP contribution in [-0.4, -0.2) is 26.6 Å². The van der Waals surface area contributed by atoms with Gasteiger partial charge in [0.2, 0.25) is 0 Å². The molecule has 1 saturated heterocycles. The highest BCUT2D eigenvalue weighted by Crippen LogP contribution is 2.32. The van der Waals surface area contributed by atoms with Crippen LogP contribution in [0.5, 0.6) is 0 Å². The van der Waals surface area contributed by atoms with Crippen LogP contribution in [0.2, 0.25) is 0 Å². The van der Waals surface area contributed by atoms with Gasteiger partial charge in [-0.05, 0) is 18.1 Å². The van der Waals surface area contributed by atoms with E-state index in [-0.39, 0.29) is 12.2 Å². The summed E-state index contributed by atoms with van der Waals surface area (Å²) in [5.41, 5.74) is 2.54. The number of hydrogen-bond donors (Lipinski definition) is 0. The molecule has 0 radical (unpaired) electrons. The number of hydrogen-bond acceptors (Lipinski definition) is 3. The highest BCUT2D eigenvalue weighted by Gasteiger charge is 2.21. The Labute approximate surface area is 108 Å². The molecular weight excluding hydrogens is 228 g/mol. The van der Waals surface area contributed by atoms with Gasteiger partial charge in [0.05, 0.1) is 18.8 Å². The molecule has 2 atom stereocenters. The summed E-state index contributed by atoms with van der Waals surface area (Å²) < 4.78 is 16.1. The zero-order valence-electron chi connectivity index (χ0n) is 11.0. The first-order valence-electron chi connectivity index (χ1n) is 6.26. The van der Waals surface area contributed by atoms with E-state index >= 15 is 0 Å². The van der Waals surface area contributed by atoms with Gasteiger partial charge in [-0.2, -0.15) is 0 Å². The molecule has 0 saturated carbocycles. The molecule has 0 amide bonds. The second-order valence-electron chi connectivity index (χ2n) is 4.52. The van der Waals surface area contributed by atoms with Crippen LogP contribution in [-0.2, 0) is 14.2 Å². The van der Waals surface area contributed by atoms with E-state index in [2.05, 4.69) is 18.2 Å². The normalized spacial score (nSPS) is 23.4. The van der Waals surface area contributed by atoms with E-state index in [1.54, 1.807) is 7.11 Å². The molecule has 0 unspecified atom stereocenters. The molecule has 1 fully saturated rings. The Bertz CT molecular complexity index is 386. The van der Waals surface area contributed by atoms with E-state index in [0.29, 0.717) is 13.4 Å². The van der Waals surface area contributed by atoms with Crippen molar-refractivity contribution >= 4 is 0 Å². The molecule has 1 aliphatic rings. The van der Waals surface area contributed by atoms with Crippen LogP contribution in [0.3, 0.4) is 0 Å². The average molecular weight is 248 g/mol. The summed E-state index contributed by atoms with van der Waals surface area (Å²) in [5, 5.41) is 0. The van der Waals surface area contributed by atoms with Gasteiger partial charge >= 0.3 is 0 Å². The average Bonchev–Trinajstić information content (AvgIpc) is 2.86. The Kier molecular flexibility index (Phi) is 4.93. The molecule has 3 nitrogen and oxygen atoms in total. The van der Waals surface area contributed by atoms with Gasteiger partial charge in [-0.1, -0.05) is 36.4 Å². The van der Waals surface area contributed by atoms with Crippen molar-refractivity contribution in [1.82, 2.24) is 0 Å². The molecule has 1 aliphatic heterocycles. The second kappa shape index (κ2) is 6.69. The summed E-state index contributed by atoms with van der Waals surface area (Å²) in [6, 6.07) is 10.3. The maximum absolute atomic E-state index is 5.80. The Morgan fingerprint density at radius 2 is 2.17 bits per heavy atom. The van der Waals surface area contributed by atoms with Gasteiger partial charge in [0.25, 0.3) is 0 Å². The SMILES string of the molecule is COCO[C@H](C)/C=C1/CO[C@@H](c2ccccc2)C1. The summed E-state index contributed by atoms with van der Waals surface area (Å²) in [4.78, 5) is 0. The zero-order valence-corrected chi connectivity index (χ0v) is 11.0. The summed E-state index contributed by atoms with van der Waals surface area (Å²) >= 11 is 0. The molecule has 1 aromatic rings. The van der Waals surface area contributed by atoms with Crippen molar-refractivity contribution < 1.29 is 14.2 Å². The number of ether oxygens (including phenoxy) is 3. The van der Waals surface area contributed by atoms with Crippen molar-refractivity contribution in [3.05, 3.63) is 47.5 Å². The van der Waals surface area contributed by atoms with Gasteiger partial charge in [-0.3, -0.25) is 0 Å². The molecule has 2 rings (SSSR count). The van der Waals surface area contributed by atoms with Crippen LogP contribution < -0.4 is 0 Å². The first kappa shape index (κ1) is 13.3. The maximum Gasteiger partial charge on any atom is 0.147 e. The topological polar surface area (TPSA) is 27.7 Å². The summed E-state index contributed by atoms with van der Waals surface area (Å²) in [5.74, 6) is 0. The minimum absolute atomic E-state index is 0.0677. The van der Waals surface area contributed by atoms with E-state index in [0.717, 1.165) is 6.42 Å². The van der Waals surface area contributed by atoms with Crippen LogP contribution >= 0.6 is 0 Å². The van der Waals surface area contributed by atoms with E-state index in [9.17, 15) is 0 Å². The fourth-order valence-corrected chi connectivity index (χ4v) is 2.12. The van der Waals surface area contributed by atoms with Gasteiger partial charge in [0.15, 0.2) is 0 Å². The van der Waals surface area contributed by atoms with Gasteiger partial charge in [-0.25, -0.2) is 0 Å². The van der Waals surface area contributed by atoms with Gasteiger partial charge in [0, 0.05) is 13.5 Å². The monoisotopic (exact) mass is 248 g/mol. The quantitative estimate of drug-likeness (QED) is 0.592. The van der Waals surface area contributed by atoms with Crippen molar-refractivity contribution in [2.75, 3.05) is 20.5 Å². The zero-order chi connectivity index (χ0) is 12.8. The van der Waals surface area contributed by atoms with Crippen LogP contribution in [0.25, 0.3) is 0 Å². The molecule has 0 aromatic heterocycles. The highest BCUT2D eigenvalue weighted by atomic mass is 16.7. The third kappa shape index (κ3) is 3.67. The fraction of sp³-hybridized carbons (Fsp3) is 0.467. The van der Waals surface area contributed by atoms with Crippen LogP contribution in [0, 0.1) is 0 Å². The van der Waals surface area contributed by atoms with E-state index in [1.807, 2.05) is 25.1 Å². The lowest BCUT2D eigenvalue weighted by molar-refractivity contribution is -0.0497. The predicted octanol–water partition coefficient (Wildman–Crippen LogP) is 3.08. The predicted molar refractivity (Wildman–Crippen MR) is 70.3 cm³/mol. The van der Waals surface area contributed by atoms with Crippen LogP contribution in [0.4, 0.5) is 0 Å². The number of rotatable bonds is 5. The first-order chi connectivity index (χ1) is 8.79. The largest absolute Gasteiger partial charge is 0.369 e. The molecule has 0 spiro atoms. The molecule has 1 heterocycles. The number of methoxy groups -OCH3 is 1. The lowest BCUT2D eigenvalue weighted by atomic mass is 10.0. The first-order valence-corrected chi connectivity index (χ1v) is 6.26. The van der Waals surface area contributed by atoms with Crippen molar-refractivity contribution in [2.45, 2.75) is 25.6 Å². The lowest BCUT2D eigenvalue weighted by Gasteiger charge is -2.09. The third-order valence-corrected chi connectivity index (χ3v) is 3.01. The highest BCUT2D eigenvalue weighted by molar-refractivity contribution is 5.22. The second-order valence-corrected chi connectivity index (χ2v) is 4.52. The molecular formula is C15H20O3. The summed E-state index contributed by atoms with van der Waals surface area (Å²) in [6.07, 6.45) is 3.33. The number of benzene rings is 1. The summed E-state index contributed by atoms with van der Waals surface area (Å²) in [6.45, 7) is 3.04. The molecule has 0 N–H and O–H groups in total. The molecule has 0 bridgehead atoms. The van der Waals surface area contributed by atoms with Crippen molar-refractivity contribution in [2.24, 2.45) is 0 Å². The fourth-order valence-electron chi connectivity index (χ4n) is 2.12. The van der Waals surface area contributed by atoms with Crippen LogP contribution in [0.15, 0.2) is 42.0 Å². The van der Waals surface area contributed by atoms with E-state index in [4.69, 9.17) is 14.2 Å². The van der Waals surface area contributed by atoms with E-state index in [1.165, 1.54) is 11.1 Å². The minimum Gasteiger partial charge on any atom is -0.369 e. The summed E-state index contributed by atoms with van der Waals surface area (Å²) in [7, 11) is 1.63. The van der Waals surface area contributed by atoms with Gasteiger partial charge in [0.1, 0.15) is 6.79 Å². The third-order valence-electron chi connectivity index (χ3n) is 3.01. The van der Waals surface area contributed by atoms with Crippen molar-refractivity contribution in [3.8, 4) is 0 Å². The molecule has 98 valence electrons. The smallest absolute Gasteiger partial charge is 0.147 e. The Balaban J connectivity index is 1.90. The standard InChI is InChI=1S/C15H20O3/c1-12(18-11-16-2)8-13-9-15(17-10-13)14-6-4-3-5-7-14/h3-8,12,15H,9-11H2,1-2H3/b13-8+/t12-,15-/m1/s1. The minimum atomic E-state index is 0.0677. The molecule has 3 heteroatoms. The van der Waals surface area contributed by atoms with Crippen molar-refractivity contribution in [1.29, 1.82) is 0 Å². The van der Waals surface area contributed by atoms with Gasteiger partial charge < -0.3 is 14.2 Å². The van der Waals surface area contributed by atoms with Crippen LogP contribution in [0.1, 0.15) is 25.0 Å². The Morgan fingerprint density at radius 3 is 2.89 bits per heavy atom. The van der Waals surface area contributed by atoms with Crippen molar-refractivity contribution in [3.63, 3.8) is 0 Å². The van der Waals surface area contributed by atoms with Gasteiger partial charge in [-0.15, -0.1) is 0 Å². The molecule has 0 aliphatic carbocycles. The Morgan fingerprint density at radius 1 is 1.39 bits per heavy atom. The lowest BCUT2D eigenvalue weighted by Crippen LogP contribution is -2.08. The van der Waals surface area contributed by atoms with E-state index < -0.39 is 0 Å². The Hall–Kier alpha value is -1.16. The maximum atomic E-state index is 5.80. The molecule has 1 aromatic carbocycles.